The Balaban J connectivity index is 0.990. The van der Waals surface area contributed by atoms with Gasteiger partial charge in [-0.15, -0.1) is 0 Å². The van der Waals surface area contributed by atoms with Crippen molar-refractivity contribution in [1.29, 1.82) is 0 Å². The Morgan fingerprint density at radius 3 is 2.27 bits per heavy atom. The molecule has 1 N–H and O–H groups in total. The van der Waals surface area contributed by atoms with E-state index in [1.807, 2.05) is 68.4 Å². The van der Waals surface area contributed by atoms with Gasteiger partial charge in [-0.3, -0.25) is 9.59 Å². The minimum atomic E-state index is -0.231. The predicted octanol–water partition coefficient (Wildman–Crippen LogP) is 7.38. The lowest BCUT2D eigenvalue weighted by Crippen LogP contribution is -2.48. The molecule has 3 aromatic carbocycles. The average molecular weight is 590 g/mol. The van der Waals surface area contributed by atoms with Crippen molar-refractivity contribution in [2.75, 3.05) is 23.5 Å². The molecule has 4 fully saturated rings. The predicted molar refractivity (Wildman–Crippen MR) is 173 cm³/mol. The van der Waals surface area contributed by atoms with Crippen molar-refractivity contribution in [2.24, 2.45) is 22.9 Å². The molecule has 5 aliphatic rings. The molecule has 0 spiro atoms. The molecule has 4 bridgehead atoms. The van der Waals surface area contributed by atoms with Crippen molar-refractivity contribution in [3.63, 3.8) is 0 Å². The fraction of sp³-hybridized carbons (Fsp3) is 0.378. The van der Waals surface area contributed by atoms with Gasteiger partial charge in [0.25, 0.3) is 11.8 Å². The van der Waals surface area contributed by atoms with Crippen molar-refractivity contribution in [1.82, 2.24) is 0 Å². The van der Waals surface area contributed by atoms with Crippen molar-refractivity contribution in [3.8, 4) is 11.5 Å². The van der Waals surface area contributed by atoms with Crippen LogP contribution < -0.4 is 19.8 Å². The van der Waals surface area contributed by atoms with E-state index in [9.17, 15) is 9.59 Å². The average Bonchev–Trinajstić information content (AvgIpc) is 3.29. The molecule has 8 rings (SSSR count). The van der Waals surface area contributed by atoms with Gasteiger partial charge in [0, 0.05) is 5.69 Å². The van der Waals surface area contributed by atoms with Gasteiger partial charge in [-0.25, -0.2) is 0 Å². The lowest BCUT2D eigenvalue weighted by molar-refractivity contribution is -0.118. The number of benzene rings is 3. The van der Waals surface area contributed by atoms with Crippen molar-refractivity contribution in [2.45, 2.75) is 57.8 Å². The Kier molecular flexibility index (Phi) is 7.48. The van der Waals surface area contributed by atoms with Crippen LogP contribution in [0.1, 0.15) is 63.5 Å². The van der Waals surface area contributed by atoms with Crippen molar-refractivity contribution < 1.29 is 19.1 Å². The fourth-order valence-corrected chi connectivity index (χ4v) is 8.31. The van der Waals surface area contributed by atoms with Gasteiger partial charge < -0.3 is 14.8 Å². The van der Waals surface area contributed by atoms with E-state index in [1.54, 1.807) is 12.1 Å². The highest BCUT2D eigenvalue weighted by atomic mass is 16.5. The Morgan fingerprint density at radius 2 is 1.61 bits per heavy atom. The monoisotopic (exact) mass is 589 g/mol. The van der Waals surface area contributed by atoms with Crippen LogP contribution in [-0.4, -0.2) is 30.7 Å². The van der Waals surface area contributed by atoms with E-state index in [0.29, 0.717) is 34.8 Å². The first-order valence-corrected chi connectivity index (χ1v) is 15.9. The van der Waals surface area contributed by atoms with E-state index < -0.39 is 0 Å². The first-order valence-electron chi connectivity index (χ1n) is 15.9. The standard InChI is InChI=1S/C37H39N3O4/c1-3-43-34-19-25(18-32-24(2)39-40(36(32)42)31-7-5-4-6-8-31)9-14-33(34)44-23-35(41)38-30-12-10-29(11-13-30)37-20-26-15-27(21-37)17-28(16-26)22-37/h4-14,18-19,26-28H,3,15-17,20-23H2,1-2H3,(H,38,41)/b32-18+. The third-order valence-electron chi connectivity index (χ3n) is 9.82. The number of para-hydroxylation sites is 1. The molecule has 1 aliphatic heterocycles. The van der Waals surface area contributed by atoms with Crippen LogP contribution in [0.25, 0.3) is 6.08 Å². The fourth-order valence-electron chi connectivity index (χ4n) is 8.31. The molecule has 2 amide bonds. The molecule has 4 aliphatic carbocycles. The second-order valence-electron chi connectivity index (χ2n) is 12.9. The van der Waals surface area contributed by atoms with E-state index >= 15 is 0 Å². The molecular weight excluding hydrogens is 550 g/mol. The number of rotatable bonds is 9. The van der Waals surface area contributed by atoms with Gasteiger partial charge in [0.15, 0.2) is 18.1 Å². The summed E-state index contributed by atoms with van der Waals surface area (Å²) in [5.74, 6) is 3.26. The number of amides is 2. The van der Waals surface area contributed by atoms with E-state index in [0.717, 1.165) is 34.7 Å². The van der Waals surface area contributed by atoms with Crippen LogP contribution in [0, 0.1) is 17.8 Å². The van der Waals surface area contributed by atoms with Crippen LogP contribution >= 0.6 is 0 Å². The number of ether oxygens (including phenoxy) is 2. The van der Waals surface area contributed by atoms with Crippen LogP contribution in [0.2, 0.25) is 0 Å². The maximum absolute atomic E-state index is 13.1. The zero-order valence-corrected chi connectivity index (χ0v) is 25.4. The van der Waals surface area contributed by atoms with E-state index in [1.165, 1.54) is 49.1 Å². The Bertz CT molecular complexity index is 1590. The highest BCUT2D eigenvalue weighted by Crippen LogP contribution is 2.60. The second kappa shape index (κ2) is 11.6. The molecule has 44 heavy (non-hydrogen) atoms. The first kappa shape index (κ1) is 28.4. The first-order chi connectivity index (χ1) is 21.4. The van der Waals surface area contributed by atoms with Crippen LogP contribution in [0.15, 0.2) is 83.5 Å². The zero-order valence-electron chi connectivity index (χ0n) is 25.4. The van der Waals surface area contributed by atoms with E-state index in [2.05, 4.69) is 22.6 Å². The van der Waals surface area contributed by atoms with Crippen LogP contribution in [0.4, 0.5) is 11.4 Å². The SMILES string of the molecule is CCOc1cc(/C=C2/C(=O)N(c3ccccc3)N=C2C)ccc1OCC(=O)Nc1ccc(C23CC4CC(CC(C4)C2)C3)cc1. The minimum Gasteiger partial charge on any atom is -0.490 e. The second-order valence-corrected chi connectivity index (χ2v) is 12.9. The minimum absolute atomic E-state index is 0.145. The largest absolute Gasteiger partial charge is 0.490 e. The topological polar surface area (TPSA) is 80.2 Å². The summed E-state index contributed by atoms with van der Waals surface area (Å²) >= 11 is 0. The Morgan fingerprint density at radius 1 is 0.932 bits per heavy atom. The number of anilines is 2. The smallest absolute Gasteiger partial charge is 0.280 e. The zero-order chi connectivity index (χ0) is 30.3. The van der Waals surface area contributed by atoms with Crippen LogP contribution in [0.3, 0.4) is 0 Å². The summed E-state index contributed by atoms with van der Waals surface area (Å²) in [5.41, 5.74) is 5.21. The molecule has 0 unspecified atom stereocenters. The van der Waals surface area contributed by atoms with Gasteiger partial charge in [0.1, 0.15) is 0 Å². The van der Waals surface area contributed by atoms with Gasteiger partial charge in [-0.2, -0.15) is 10.1 Å². The van der Waals surface area contributed by atoms with E-state index in [4.69, 9.17) is 9.47 Å². The van der Waals surface area contributed by atoms with Crippen LogP contribution in [0.5, 0.6) is 11.5 Å². The quantitative estimate of drug-likeness (QED) is 0.264. The summed E-state index contributed by atoms with van der Waals surface area (Å²) < 4.78 is 11.7. The lowest BCUT2D eigenvalue weighted by atomic mass is 9.48. The Hall–Kier alpha value is -4.39. The Labute approximate surface area is 258 Å². The van der Waals surface area contributed by atoms with Gasteiger partial charge in [-0.05, 0) is 129 Å². The molecule has 7 heteroatoms. The van der Waals surface area contributed by atoms with Crippen molar-refractivity contribution in [3.05, 3.63) is 89.5 Å². The molecule has 0 radical (unpaired) electrons. The lowest BCUT2D eigenvalue weighted by Gasteiger charge is -2.57. The number of nitrogens with zero attached hydrogens (tertiary/aromatic N) is 2. The molecule has 226 valence electrons. The summed E-state index contributed by atoms with van der Waals surface area (Å²) in [7, 11) is 0. The normalized spacial score (nSPS) is 26.2. The summed E-state index contributed by atoms with van der Waals surface area (Å²) in [5, 5.41) is 8.85. The molecular formula is C37H39N3O4. The van der Waals surface area contributed by atoms with Gasteiger partial charge >= 0.3 is 0 Å². The molecule has 0 aromatic heterocycles. The van der Waals surface area contributed by atoms with E-state index in [-0.39, 0.29) is 18.4 Å². The summed E-state index contributed by atoms with van der Waals surface area (Å²) in [6.45, 7) is 4.00. The molecule has 1 heterocycles. The molecule has 0 atom stereocenters. The molecule has 0 saturated heterocycles. The molecule has 3 aromatic rings. The number of hydrogen-bond acceptors (Lipinski definition) is 5. The summed E-state index contributed by atoms with van der Waals surface area (Å²) in [6.07, 6.45) is 10.1. The number of hydrogen-bond donors (Lipinski definition) is 1. The van der Waals surface area contributed by atoms with Gasteiger partial charge in [0.2, 0.25) is 0 Å². The third-order valence-corrected chi connectivity index (χ3v) is 9.82. The van der Waals surface area contributed by atoms with Crippen molar-refractivity contribution >= 4 is 35.0 Å². The summed E-state index contributed by atoms with van der Waals surface area (Å²) in [6, 6.07) is 23.3. The third kappa shape index (κ3) is 5.51. The number of carbonyl (C=O) groups excluding carboxylic acids is 2. The number of carbonyl (C=O) groups is 2. The number of nitrogens with one attached hydrogen (secondary N) is 1. The van der Waals surface area contributed by atoms with Gasteiger partial charge in [-0.1, -0.05) is 36.4 Å². The highest BCUT2D eigenvalue weighted by molar-refractivity contribution is 6.32. The molecule has 7 nitrogen and oxygen atoms in total. The highest BCUT2D eigenvalue weighted by Gasteiger charge is 2.51. The molecule has 4 saturated carbocycles. The maximum atomic E-state index is 13.1. The summed E-state index contributed by atoms with van der Waals surface area (Å²) in [4.78, 5) is 26.0. The van der Waals surface area contributed by atoms with Gasteiger partial charge in [0.05, 0.1) is 23.6 Å². The van der Waals surface area contributed by atoms with Crippen LogP contribution in [-0.2, 0) is 15.0 Å². The maximum Gasteiger partial charge on any atom is 0.280 e. The number of hydrazone groups is 1.